The molecule has 0 fully saturated rings. The molecule has 0 atom stereocenters. The Morgan fingerprint density at radius 1 is 1.00 bits per heavy atom. The average Bonchev–Trinajstić information content (AvgIpc) is 3.14. The zero-order valence-electron chi connectivity index (χ0n) is 15.6. The van der Waals surface area contributed by atoms with Crippen molar-refractivity contribution in [1.29, 1.82) is 0 Å². The summed E-state index contributed by atoms with van der Waals surface area (Å²) in [6.07, 6.45) is 1.56. The summed E-state index contributed by atoms with van der Waals surface area (Å²) in [5.41, 5.74) is 4.14. The summed E-state index contributed by atoms with van der Waals surface area (Å²) < 4.78 is 10.8. The van der Waals surface area contributed by atoms with Gasteiger partial charge in [0.2, 0.25) is 0 Å². The average molecular weight is 412 g/mol. The van der Waals surface area contributed by atoms with Crippen molar-refractivity contribution in [2.24, 2.45) is 0 Å². The van der Waals surface area contributed by atoms with E-state index in [2.05, 4.69) is 51.9 Å². The van der Waals surface area contributed by atoms with Crippen LogP contribution in [0.15, 0.2) is 48.1 Å². The number of halogens is 1. The van der Waals surface area contributed by atoms with Crippen molar-refractivity contribution in [2.75, 3.05) is 19.5 Å². The molecule has 0 saturated carbocycles. The molecule has 0 aliphatic carbocycles. The molecule has 0 aliphatic rings. The smallest absolute Gasteiger partial charge is 0.144 e. The molecule has 0 radical (unpaired) electrons. The molecule has 2 aromatic heterocycles. The second kappa shape index (κ2) is 7.66. The topological polar surface area (TPSA) is 56.3 Å². The predicted octanol–water partition coefficient (Wildman–Crippen LogP) is 6.08. The Labute approximate surface area is 171 Å². The molecule has 2 aromatic carbocycles. The van der Waals surface area contributed by atoms with Crippen molar-refractivity contribution in [3.8, 4) is 22.6 Å². The maximum absolute atomic E-state index is 6.22. The van der Waals surface area contributed by atoms with Gasteiger partial charge in [-0.05, 0) is 12.5 Å². The second-order valence-electron chi connectivity index (χ2n) is 6.23. The predicted molar refractivity (Wildman–Crippen MR) is 115 cm³/mol. The van der Waals surface area contributed by atoms with Crippen molar-refractivity contribution in [2.45, 2.75) is 6.92 Å². The van der Waals surface area contributed by atoms with Crippen LogP contribution in [0.25, 0.3) is 21.3 Å². The van der Waals surface area contributed by atoms with Gasteiger partial charge in [-0.1, -0.05) is 41.4 Å². The van der Waals surface area contributed by atoms with Crippen molar-refractivity contribution in [1.82, 2.24) is 9.97 Å². The highest BCUT2D eigenvalue weighted by Crippen LogP contribution is 2.41. The lowest BCUT2D eigenvalue weighted by atomic mass is 10.0. The molecule has 0 saturated heterocycles. The van der Waals surface area contributed by atoms with Crippen LogP contribution >= 0.6 is 22.9 Å². The van der Waals surface area contributed by atoms with Crippen LogP contribution in [0.2, 0.25) is 5.02 Å². The molecule has 0 aliphatic heterocycles. The first-order valence-corrected chi connectivity index (χ1v) is 9.84. The number of ether oxygens (including phenoxy) is 2. The van der Waals surface area contributed by atoms with Crippen LogP contribution in [-0.4, -0.2) is 24.2 Å². The van der Waals surface area contributed by atoms with Gasteiger partial charge >= 0.3 is 0 Å². The summed E-state index contributed by atoms with van der Waals surface area (Å²) in [5.74, 6) is 1.86. The first kappa shape index (κ1) is 18.5. The molecule has 142 valence electrons. The normalized spacial score (nSPS) is 10.9. The van der Waals surface area contributed by atoms with E-state index in [1.54, 1.807) is 44.0 Å². The zero-order chi connectivity index (χ0) is 19.7. The van der Waals surface area contributed by atoms with Crippen LogP contribution in [0, 0.1) is 6.92 Å². The standard InChI is InChI=1S/C21H18ClN3O2S/c1-12-4-6-13(7-5-12)14-10-28-21-19(14)20(23-11-24-21)25-16-9-17(26-2)15(22)8-18(16)27-3/h4-11H,1-3H3,(H,23,24,25). The van der Waals surface area contributed by atoms with E-state index in [-0.39, 0.29) is 0 Å². The Bertz CT molecular complexity index is 1140. The minimum absolute atomic E-state index is 0.480. The van der Waals surface area contributed by atoms with Gasteiger partial charge in [0.15, 0.2) is 0 Å². The number of aryl methyl sites for hydroxylation is 1. The van der Waals surface area contributed by atoms with E-state index in [0.717, 1.165) is 21.3 Å². The van der Waals surface area contributed by atoms with Crippen molar-refractivity contribution in [3.05, 3.63) is 58.7 Å². The number of rotatable bonds is 5. The lowest BCUT2D eigenvalue weighted by Crippen LogP contribution is -1.99. The molecule has 4 rings (SSSR count). The van der Waals surface area contributed by atoms with E-state index in [1.165, 1.54) is 5.56 Å². The maximum Gasteiger partial charge on any atom is 0.144 e. The van der Waals surface area contributed by atoms with E-state index >= 15 is 0 Å². The molecule has 0 amide bonds. The van der Waals surface area contributed by atoms with E-state index in [9.17, 15) is 0 Å². The highest BCUT2D eigenvalue weighted by Gasteiger charge is 2.16. The minimum atomic E-state index is 0.480. The fourth-order valence-corrected chi connectivity index (χ4v) is 4.15. The lowest BCUT2D eigenvalue weighted by molar-refractivity contribution is 0.405. The van der Waals surface area contributed by atoms with Gasteiger partial charge in [-0.2, -0.15) is 0 Å². The highest BCUT2D eigenvalue weighted by atomic mass is 35.5. The lowest BCUT2D eigenvalue weighted by Gasteiger charge is -2.14. The quantitative estimate of drug-likeness (QED) is 0.431. The largest absolute Gasteiger partial charge is 0.495 e. The number of hydrogen-bond acceptors (Lipinski definition) is 6. The molecule has 4 aromatic rings. The zero-order valence-corrected chi connectivity index (χ0v) is 17.2. The van der Waals surface area contributed by atoms with E-state index < -0.39 is 0 Å². The first-order chi connectivity index (χ1) is 13.6. The minimum Gasteiger partial charge on any atom is -0.495 e. The number of hydrogen-bond donors (Lipinski definition) is 1. The summed E-state index contributed by atoms with van der Waals surface area (Å²) in [4.78, 5) is 9.82. The van der Waals surface area contributed by atoms with Gasteiger partial charge in [-0.25, -0.2) is 9.97 Å². The molecule has 5 nitrogen and oxygen atoms in total. The van der Waals surface area contributed by atoms with Gasteiger partial charge in [0.1, 0.15) is 28.5 Å². The van der Waals surface area contributed by atoms with Crippen LogP contribution in [-0.2, 0) is 0 Å². The second-order valence-corrected chi connectivity index (χ2v) is 7.50. The number of nitrogens with zero attached hydrogens (tertiary/aromatic N) is 2. The van der Waals surface area contributed by atoms with E-state index in [4.69, 9.17) is 21.1 Å². The van der Waals surface area contributed by atoms with Gasteiger partial charge in [0, 0.05) is 23.1 Å². The third kappa shape index (κ3) is 3.37. The van der Waals surface area contributed by atoms with Crippen LogP contribution in [0.5, 0.6) is 11.5 Å². The molecule has 7 heteroatoms. The highest BCUT2D eigenvalue weighted by molar-refractivity contribution is 7.17. The SMILES string of the molecule is COc1cc(Nc2ncnc3scc(-c4ccc(C)cc4)c23)c(OC)cc1Cl. The maximum atomic E-state index is 6.22. The Morgan fingerprint density at radius 2 is 1.75 bits per heavy atom. The van der Waals surface area contributed by atoms with Crippen molar-refractivity contribution >= 4 is 44.7 Å². The summed E-state index contributed by atoms with van der Waals surface area (Å²) >= 11 is 7.81. The number of nitrogens with one attached hydrogen (secondary N) is 1. The van der Waals surface area contributed by atoms with Gasteiger partial charge < -0.3 is 14.8 Å². The molecule has 0 unspecified atom stereocenters. The molecule has 1 N–H and O–H groups in total. The number of thiophene rings is 1. The Morgan fingerprint density at radius 3 is 2.46 bits per heavy atom. The summed E-state index contributed by atoms with van der Waals surface area (Å²) in [6, 6.07) is 11.9. The molecular weight excluding hydrogens is 394 g/mol. The Hall–Kier alpha value is -2.83. The number of anilines is 2. The molecule has 0 spiro atoms. The monoisotopic (exact) mass is 411 g/mol. The molecule has 0 bridgehead atoms. The number of benzene rings is 2. The van der Waals surface area contributed by atoms with E-state index in [0.29, 0.717) is 28.0 Å². The Kier molecular flexibility index (Phi) is 5.07. The van der Waals surface area contributed by atoms with Gasteiger partial charge in [-0.3, -0.25) is 0 Å². The third-order valence-electron chi connectivity index (χ3n) is 4.46. The summed E-state index contributed by atoms with van der Waals surface area (Å²) in [6.45, 7) is 2.08. The fraction of sp³-hybridized carbons (Fsp3) is 0.143. The van der Waals surface area contributed by atoms with Crippen molar-refractivity contribution in [3.63, 3.8) is 0 Å². The molecule has 28 heavy (non-hydrogen) atoms. The van der Waals surface area contributed by atoms with Crippen LogP contribution in [0.3, 0.4) is 0 Å². The number of aromatic nitrogens is 2. The fourth-order valence-electron chi connectivity index (χ4n) is 3.00. The van der Waals surface area contributed by atoms with Crippen LogP contribution in [0.1, 0.15) is 5.56 Å². The summed E-state index contributed by atoms with van der Waals surface area (Å²) in [5, 5.41) is 6.92. The molecule has 2 heterocycles. The number of fused-ring (bicyclic) bond motifs is 1. The Balaban J connectivity index is 1.84. The van der Waals surface area contributed by atoms with Gasteiger partial charge in [0.05, 0.1) is 30.3 Å². The first-order valence-electron chi connectivity index (χ1n) is 8.58. The van der Waals surface area contributed by atoms with Gasteiger partial charge in [-0.15, -0.1) is 11.3 Å². The third-order valence-corrected chi connectivity index (χ3v) is 5.64. The summed E-state index contributed by atoms with van der Waals surface area (Å²) in [7, 11) is 3.18. The van der Waals surface area contributed by atoms with Crippen LogP contribution in [0.4, 0.5) is 11.5 Å². The van der Waals surface area contributed by atoms with E-state index in [1.807, 2.05) is 0 Å². The van der Waals surface area contributed by atoms with Crippen LogP contribution < -0.4 is 14.8 Å². The van der Waals surface area contributed by atoms with Gasteiger partial charge in [0.25, 0.3) is 0 Å². The molecular formula is C21H18ClN3O2S. The number of methoxy groups -OCH3 is 2. The van der Waals surface area contributed by atoms with Crippen molar-refractivity contribution < 1.29 is 9.47 Å².